The summed E-state index contributed by atoms with van der Waals surface area (Å²) >= 11 is 0. The van der Waals surface area contributed by atoms with Crippen molar-refractivity contribution in [2.45, 2.75) is 56.9 Å². The molecule has 2 aromatic carbocycles. The summed E-state index contributed by atoms with van der Waals surface area (Å²) in [6.07, 6.45) is 8.02. The summed E-state index contributed by atoms with van der Waals surface area (Å²) in [7, 11) is 0. The molecule has 1 aliphatic carbocycles. The summed E-state index contributed by atoms with van der Waals surface area (Å²) in [5, 5.41) is 3.04. The summed E-state index contributed by atoms with van der Waals surface area (Å²) in [6, 6.07) is 15.1. The van der Waals surface area contributed by atoms with Crippen LogP contribution in [0.2, 0.25) is 0 Å². The molecule has 0 spiro atoms. The number of fused-ring (bicyclic) bond motifs is 2. The van der Waals surface area contributed by atoms with E-state index in [9.17, 15) is 9.59 Å². The highest BCUT2D eigenvalue weighted by Gasteiger charge is 2.33. The van der Waals surface area contributed by atoms with Gasteiger partial charge in [0.05, 0.1) is 0 Å². The van der Waals surface area contributed by atoms with E-state index in [1.807, 2.05) is 48.5 Å². The van der Waals surface area contributed by atoms with E-state index in [-0.39, 0.29) is 18.6 Å². The lowest BCUT2D eigenvalue weighted by atomic mass is 9.88. The van der Waals surface area contributed by atoms with E-state index in [1.165, 1.54) is 19.3 Å². The number of carbonyl (C=O) groups excluding carboxylic acids is 2. The summed E-state index contributed by atoms with van der Waals surface area (Å²) in [5.74, 6) is 0.0446. The Morgan fingerprint density at radius 1 is 0.862 bits per heavy atom. The molecule has 5 nitrogen and oxygen atoms in total. The molecule has 0 atom stereocenters. The lowest BCUT2D eigenvalue weighted by Gasteiger charge is -2.27. The molecule has 0 radical (unpaired) electrons. The van der Waals surface area contributed by atoms with E-state index >= 15 is 0 Å². The van der Waals surface area contributed by atoms with E-state index in [0.29, 0.717) is 11.5 Å². The van der Waals surface area contributed by atoms with Crippen LogP contribution in [0.4, 0.5) is 0 Å². The van der Waals surface area contributed by atoms with E-state index < -0.39 is 11.9 Å². The van der Waals surface area contributed by atoms with Crippen LogP contribution in [0.5, 0.6) is 11.5 Å². The maximum absolute atomic E-state index is 13.0. The van der Waals surface area contributed by atoms with Gasteiger partial charge < -0.3 is 14.8 Å². The standard InChI is InChI=1S/C24H27NO4/c26-22(25-17-10-4-2-1-3-5-11-17)16-28-24(27)23-18-12-6-8-14-20(18)29-21-15-9-7-13-19(21)23/h6-9,12-15,17,23H,1-5,10-11,16H2,(H,25,26). The van der Waals surface area contributed by atoms with Crippen molar-refractivity contribution in [1.29, 1.82) is 0 Å². The molecule has 1 saturated carbocycles. The lowest BCUT2D eigenvalue weighted by molar-refractivity contribution is -0.149. The number of ether oxygens (including phenoxy) is 2. The summed E-state index contributed by atoms with van der Waals surface area (Å²) in [4.78, 5) is 25.3. The van der Waals surface area contributed by atoms with Gasteiger partial charge in [-0.05, 0) is 25.0 Å². The van der Waals surface area contributed by atoms with Crippen molar-refractivity contribution in [2.24, 2.45) is 0 Å². The third-order valence-electron chi connectivity index (χ3n) is 5.73. The van der Waals surface area contributed by atoms with Crippen molar-refractivity contribution in [1.82, 2.24) is 5.32 Å². The SMILES string of the molecule is O=C(COC(=O)C1c2ccccc2Oc2ccccc21)NC1CCCCCCC1. The Balaban J connectivity index is 1.41. The van der Waals surface area contributed by atoms with Gasteiger partial charge in [-0.25, -0.2) is 0 Å². The molecule has 0 unspecified atom stereocenters. The maximum Gasteiger partial charge on any atom is 0.318 e. The van der Waals surface area contributed by atoms with E-state index in [1.54, 1.807) is 0 Å². The monoisotopic (exact) mass is 393 g/mol. The first-order chi connectivity index (χ1) is 14.2. The Morgan fingerprint density at radius 2 is 1.41 bits per heavy atom. The third-order valence-corrected chi connectivity index (χ3v) is 5.73. The molecule has 152 valence electrons. The highest BCUT2D eigenvalue weighted by Crippen LogP contribution is 2.44. The van der Waals surface area contributed by atoms with Gasteiger partial charge in [0.2, 0.25) is 0 Å². The Labute approximate surface area is 171 Å². The molecule has 1 fully saturated rings. The molecule has 0 aromatic heterocycles. The second-order valence-corrected chi connectivity index (χ2v) is 7.83. The smallest absolute Gasteiger partial charge is 0.318 e. The predicted octanol–water partition coefficient (Wildman–Crippen LogP) is 4.70. The third kappa shape index (κ3) is 4.61. The molecule has 2 aliphatic rings. The highest BCUT2D eigenvalue weighted by atomic mass is 16.5. The van der Waals surface area contributed by atoms with Crippen LogP contribution >= 0.6 is 0 Å². The van der Waals surface area contributed by atoms with E-state index in [0.717, 1.165) is 36.8 Å². The second kappa shape index (κ2) is 9.12. The zero-order valence-corrected chi connectivity index (χ0v) is 16.6. The van der Waals surface area contributed by atoms with Crippen molar-refractivity contribution in [3.05, 3.63) is 59.7 Å². The first-order valence-electron chi connectivity index (χ1n) is 10.5. The van der Waals surface area contributed by atoms with Crippen molar-refractivity contribution >= 4 is 11.9 Å². The molecule has 1 amide bonds. The summed E-state index contributed by atoms with van der Waals surface area (Å²) < 4.78 is 11.4. The number of hydrogen-bond donors (Lipinski definition) is 1. The Kier molecular flexibility index (Phi) is 6.13. The number of para-hydroxylation sites is 2. The number of amides is 1. The molecule has 4 rings (SSSR count). The molecule has 5 heteroatoms. The van der Waals surface area contributed by atoms with Crippen LogP contribution in [0, 0.1) is 0 Å². The maximum atomic E-state index is 13.0. The van der Waals surface area contributed by atoms with Crippen molar-refractivity contribution < 1.29 is 19.1 Å². The van der Waals surface area contributed by atoms with Gasteiger partial charge in [-0.3, -0.25) is 9.59 Å². The van der Waals surface area contributed by atoms with Gasteiger partial charge in [-0.2, -0.15) is 0 Å². The molecule has 1 N–H and O–H groups in total. The largest absolute Gasteiger partial charge is 0.457 e. The fourth-order valence-corrected chi connectivity index (χ4v) is 4.25. The topological polar surface area (TPSA) is 64.6 Å². The van der Waals surface area contributed by atoms with Gasteiger partial charge in [-0.15, -0.1) is 0 Å². The number of carbonyl (C=O) groups is 2. The lowest BCUT2D eigenvalue weighted by Crippen LogP contribution is -2.38. The van der Waals surface area contributed by atoms with Gasteiger partial charge in [0.25, 0.3) is 5.91 Å². The number of rotatable bonds is 4. The predicted molar refractivity (Wildman–Crippen MR) is 110 cm³/mol. The zero-order chi connectivity index (χ0) is 20.1. The van der Waals surface area contributed by atoms with Crippen molar-refractivity contribution in [3.8, 4) is 11.5 Å². The average molecular weight is 393 g/mol. The Morgan fingerprint density at radius 3 is 2.03 bits per heavy atom. The molecular formula is C24H27NO4. The van der Waals surface area contributed by atoms with Crippen LogP contribution in [0.15, 0.2) is 48.5 Å². The molecule has 1 heterocycles. The number of nitrogens with one attached hydrogen (secondary N) is 1. The minimum Gasteiger partial charge on any atom is -0.457 e. The number of hydrogen-bond acceptors (Lipinski definition) is 4. The molecule has 29 heavy (non-hydrogen) atoms. The Hall–Kier alpha value is -2.82. The van der Waals surface area contributed by atoms with E-state index in [2.05, 4.69) is 5.32 Å². The van der Waals surface area contributed by atoms with Crippen molar-refractivity contribution in [3.63, 3.8) is 0 Å². The van der Waals surface area contributed by atoms with Crippen molar-refractivity contribution in [2.75, 3.05) is 6.61 Å². The summed E-state index contributed by atoms with van der Waals surface area (Å²) in [6.45, 7) is -0.253. The van der Waals surface area contributed by atoms with Gasteiger partial charge in [0.1, 0.15) is 17.4 Å². The summed E-state index contributed by atoms with van der Waals surface area (Å²) in [5.41, 5.74) is 1.52. The second-order valence-electron chi connectivity index (χ2n) is 7.83. The fraction of sp³-hybridized carbons (Fsp3) is 0.417. The molecular weight excluding hydrogens is 366 g/mol. The first kappa shape index (κ1) is 19.5. The Bertz CT molecular complexity index is 825. The van der Waals surface area contributed by atoms with Crippen LogP contribution < -0.4 is 10.1 Å². The van der Waals surface area contributed by atoms with Gasteiger partial charge in [0, 0.05) is 17.2 Å². The van der Waals surface area contributed by atoms with E-state index in [4.69, 9.17) is 9.47 Å². The van der Waals surface area contributed by atoms with Crippen LogP contribution in [-0.4, -0.2) is 24.5 Å². The number of esters is 1. The first-order valence-corrected chi connectivity index (χ1v) is 10.5. The highest BCUT2D eigenvalue weighted by molar-refractivity contribution is 5.87. The molecule has 1 aliphatic heterocycles. The zero-order valence-electron chi connectivity index (χ0n) is 16.6. The van der Waals surface area contributed by atoms with Gasteiger partial charge in [0.15, 0.2) is 6.61 Å². The molecule has 0 bridgehead atoms. The minimum atomic E-state index is -0.592. The fourth-order valence-electron chi connectivity index (χ4n) is 4.25. The van der Waals surface area contributed by atoms with Crippen LogP contribution in [0.25, 0.3) is 0 Å². The molecule has 2 aromatic rings. The van der Waals surface area contributed by atoms with Gasteiger partial charge in [-0.1, -0.05) is 68.5 Å². The molecule has 0 saturated heterocycles. The quantitative estimate of drug-likeness (QED) is 0.765. The normalized spacial score (nSPS) is 17.1. The minimum absolute atomic E-state index is 0.186. The van der Waals surface area contributed by atoms with Gasteiger partial charge >= 0.3 is 5.97 Å². The average Bonchev–Trinajstić information content (AvgIpc) is 2.72. The van der Waals surface area contributed by atoms with Crippen LogP contribution in [-0.2, 0) is 14.3 Å². The van der Waals surface area contributed by atoms with Crippen LogP contribution in [0.3, 0.4) is 0 Å². The number of benzene rings is 2. The van der Waals surface area contributed by atoms with Crippen LogP contribution in [0.1, 0.15) is 62.0 Å².